The van der Waals surface area contributed by atoms with Crippen LogP contribution in [0.15, 0.2) is 41.0 Å². The van der Waals surface area contributed by atoms with Crippen molar-refractivity contribution in [3.05, 3.63) is 52.1 Å². The molecule has 2 N–H and O–H groups in total. The Hall–Kier alpha value is -2.63. The first kappa shape index (κ1) is 13.8. The van der Waals surface area contributed by atoms with Crippen LogP contribution in [-0.2, 0) is 14.3 Å². The largest absolute Gasteiger partial charge is 0.468 e. The van der Waals surface area contributed by atoms with Crippen LogP contribution in [0.2, 0.25) is 0 Å². The molecule has 0 bridgehead atoms. The van der Waals surface area contributed by atoms with Crippen LogP contribution in [0.4, 0.5) is 0 Å². The van der Waals surface area contributed by atoms with Crippen LogP contribution in [0.3, 0.4) is 0 Å². The normalized spacial score (nSPS) is 18.3. The molecule has 0 saturated carbocycles. The van der Waals surface area contributed by atoms with Crippen LogP contribution in [0.5, 0.6) is 0 Å². The molecule has 1 heterocycles. The summed E-state index contributed by atoms with van der Waals surface area (Å²) in [7, 11) is 1.19. The zero-order valence-electron chi connectivity index (χ0n) is 11.1. The third-order valence-corrected chi connectivity index (χ3v) is 3.02. The number of Topliss-reactive ketones (excluding diaryl/α,β-unsaturated/α-hetero) is 1. The predicted octanol–water partition coefficient (Wildman–Crippen LogP) is 0.212. The van der Waals surface area contributed by atoms with Gasteiger partial charge >= 0.3 is 5.97 Å². The van der Waals surface area contributed by atoms with Crippen LogP contribution < -0.4 is 11.3 Å². The van der Waals surface area contributed by atoms with E-state index in [1.54, 1.807) is 19.2 Å². The van der Waals surface area contributed by atoms with Crippen molar-refractivity contribution in [1.82, 2.24) is 4.57 Å². The lowest BCUT2D eigenvalue weighted by atomic mass is 9.95. The van der Waals surface area contributed by atoms with Gasteiger partial charge in [0.25, 0.3) is 5.56 Å². The fraction of sp³-hybridized carbons (Fsp3) is 0.214. The molecule has 1 aromatic heterocycles. The van der Waals surface area contributed by atoms with E-state index in [2.05, 4.69) is 4.74 Å². The van der Waals surface area contributed by atoms with Crippen molar-refractivity contribution in [2.24, 2.45) is 11.7 Å². The third-order valence-electron chi connectivity index (χ3n) is 3.02. The molecule has 1 unspecified atom stereocenters. The van der Waals surface area contributed by atoms with Gasteiger partial charge in [-0.2, -0.15) is 0 Å². The molecule has 1 aliphatic rings. The Kier molecular flexibility index (Phi) is 3.56. The molecule has 6 nitrogen and oxygen atoms in total. The number of carbonyl (C=O) groups excluding carboxylic acids is 2. The zero-order valence-corrected chi connectivity index (χ0v) is 11.1. The van der Waals surface area contributed by atoms with Gasteiger partial charge in [0.15, 0.2) is 5.78 Å². The Balaban J connectivity index is 2.52. The summed E-state index contributed by atoms with van der Waals surface area (Å²) in [5.74, 6) is -2.35. The van der Waals surface area contributed by atoms with E-state index in [4.69, 9.17) is 5.73 Å². The summed E-state index contributed by atoms with van der Waals surface area (Å²) in [4.78, 5) is 35.3. The number of carbonyl (C=O) groups is 2. The Morgan fingerprint density at radius 2 is 2.10 bits per heavy atom. The Morgan fingerprint density at radius 1 is 1.40 bits per heavy atom. The molecule has 1 aliphatic carbocycles. The van der Waals surface area contributed by atoms with Gasteiger partial charge in [-0.25, -0.2) is 0 Å². The molecule has 0 radical (unpaired) electrons. The Morgan fingerprint density at radius 3 is 2.70 bits per heavy atom. The average Bonchev–Trinajstić information content (AvgIpc) is 2.41. The number of rotatable bonds is 2. The van der Waals surface area contributed by atoms with Crippen molar-refractivity contribution < 1.29 is 14.3 Å². The number of ketones is 1. The van der Waals surface area contributed by atoms with E-state index in [1.807, 2.05) is 0 Å². The molecule has 6 heteroatoms. The minimum atomic E-state index is -1.12. The van der Waals surface area contributed by atoms with Crippen molar-refractivity contribution in [2.75, 3.05) is 7.11 Å². The topological polar surface area (TPSA) is 91.4 Å². The summed E-state index contributed by atoms with van der Waals surface area (Å²) >= 11 is 0. The van der Waals surface area contributed by atoms with E-state index in [-0.39, 0.29) is 11.3 Å². The number of hydrogen-bond donors (Lipinski definition) is 1. The number of ether oxygens (including phenoxy) is 1. The first-order valence-corrected chi connectivity index (χ1v) is 5.94. The van der Waals surface area contributed by atoms with E-state index < -0.39 is 17.7 Å². The number of pyridine rings is 1. The molecule has 2 rings (SSSR count). The van der Waals surface area contributed by atoms with Crippen LogP contribution >= 0.6 is 0 Å². The summed E-state index contributed by atoms with van der Waals surface area (Å²) in [5.41, 5.74) is 6.47. The zero-order chi connectivity index (χ0) is 14.9. The van der Waals surface area contributed by atoms with E-state index >= 15 is 0 Å². The molecule has 1 atom stereocenters. The summed E-state index contributed by atoms with van der Waals surface area (Å²) in [6.45, 7) is 1.80. The first-order chi connectivity index (χ1) is 9.43. The van der Waals surface area contributed by atoms with Gasteiger partial charge < -0.3 is 10.5 Å². The highest BCUT2D eigenvalue weighted by atomic mass is 16.5. The first-order valence-electron chi connectivity index (χ1n) is 5.94. The molecule has 0 fully saturated rings. The summed E-state index contributed by atoms with van der Waals surface area (Å²) < 4.78 is 5.89. The highest BCUT2D eigenvalue weighted by molar-refractivity contribution is 6.12. The fourth-order valence-corrected chi connectivity index (χ4v) is 1.95. The Labute approximate surface area is 115 Å². The lowest BCUT2D eigenvalue weighted by molar-refractivity contribution is -0.146. The van der Waals surface area contributed by atoms with E-state index in [0.29, 0.717) is 5.70 Å². The standard InChI is InChI=1S/C14H14N2O4/c1-8-3-4-16(12(17)5-8)9-6-10(14(19)20-2)13(18)11(15)7-9/h3-7,10H,15H2,1-2H3. The number of hydrogen-bond acceptors (Lipinski definition) is 5. The molecular weight excluding hydrogens is 260 g/mol. The maximum atomic E-state index is 11.9. The average molecular weight is 274 g/mol. The molecule has 0 aromatic carbocycles. The monoisotopic (exact) mass is 274 g/mol. The number of esters is 1. The quantitative estimate of drug-likeness (QED) is 0.615. The second-order valence-electron chi connectivity index (χ2n) is 4.47. The molecule has 0 aliphatic heterocycles. The van der Waals surface area contributed by atoms with E-state index in [1.165, 1.54) is 29.9 Å². The number of aryl methyl sites for hydroxylation is 1. The molecule has 1 aromatic rings. The number of nitrogens with two attached hydrogens (primary N) is 1. The highest BCUT2D eigenvalue weighted by Crippen LogP contribution is 2.20. The lowest BCUT2D eigenvalue weighted by Gasteiger charge is -2.18. The number of nitrogens with zero attached hydrogens (tertiary/aromatic N) is 1. The second-order valence-corrected chi connectivity index (χ2v) is 4.47. The van der Waals surface area contributed by atoms with E-state index in [0.717, 1.165) is 5.56 Å². The van der Waals surface area contributed by atoms with Crippen molar-refractivity contribution >= 4 is 17.4 Å². The van der Waals surface area contributed by atoms with Gasteiger partial charge in [0, 0.05) is 18.0 Å². The summed E-state index contributed by atoms with van der Waals surface area (Å²) in [6.07, 6.45) is 4.32. The molecule has 0 spiro atoms. The molecule has 20 heavy (non-hydrogen) atoms. The molecule has 0 amide bonds. The Bertz CT molecular complexity index is 697. The summed E-state index contributed by atoms with van der Waals surface area (Å²) in [6, 6.07) is 3.20. The number of methoxy groups -OCH3 is 1. The minimum Gasteiger partial charge on any atom is -0.468 e. The van der Waals surface area contributed by atoms with Crippen LogP contribution in [-0.4, -0.2) is 23.4 Å². The van der Waals surface area contributed by atoms with E-state index in [9.17, 15) is 14.4 Å². The van der Waals surface area contributed by atoms with Crippen LogP contribution in [0, 0.1) is 12.8 Å². The SMILES string of the molecule is COC(=O)C1C=C(n2ccc(C)cc2=O)C=C(N)C1=O. The maximum Gasteiger partial charge on any atom is 0.320 e. The van der Waals surface area contributed by atoms with Crippen molar-refractivity contribution in [3.8, 4) is 0 Å². The van der Waals surface area contributed by atoms with Crippen molar-refractivity contribution in [2.45, 2.75) is 6.92 Å². The van der Waals surface area contributed by atoms with Gasteiger partial charge in [0.1, 0.15) is 5.92 Å². The van der Waals surface area contributed by atoms with Crippen LogP contribution in [0.1, 0.15) is 5.56 Å². The molecular formula is C14H14N2O4. The third kappa shape index (κ3) is 2.40. The van der Waals surface area contributed by atoms with Gasteiger partial charge in [0.05, 0.1) is 12.8 Å². The number of allylic oxidation sites excluding steroid dienone is 3. The van der Waals surface area contributed by atoms with Gasteiger partial charge in [0.2, 0.25) is 0 Å². The van der Waals surface area contributed by atoms with Gasteiger partial charge in [-0.1, -0.05) is 0 Å². The van der Waals surface area contributed by atoms with Crippen LogP contribution in [0.25, 0.3) is 5.70 Å². The van der Waals surface area contributed by atoms with Gasteiger partial charge in [-0.3, -0.25) is 19.0 Å². The van der Waals surface area contributed by atoms with Gasteiger partial charge in [-0.05, 0) is 30.7 Å². The maximum absolute atomic E-state index is 11.9. The smallest absolute Gasteiger partial charge is 0.320 e. The van der Waals surface area contributed by atoms with Crippen molar-refractivity contribution in [3.63, 3.8) is 0 Å². The second kappa shape index (κ2) is 5.16. The fourth-order valence-electron chi connectivity index (χ4n) is 1.95. The predicted molar refractivity (Wildman–Crippen MR) is 72.5 cm³/mol. The highest BCUT2D eigenvalue weighted by Gasteiger charge is 2.30. The van der Waals surface area contributed by atoms with Crippen molar-refractivity contribution in [1.29, 1.82) is 0 Å². The summed E-state index contributed by atoms with van der Waals surface area (Å²) in [5, 5.41) is 0. The molecule has 104 valence electrons. The number of aromatic nitrogens is 1. The lowest BCUT2D eigenvalue weighted by Crippen LogP contribution is -2.32. The van der Waals surface area contributed by atoms with Gasteiger partial charge in [-0.15, -0.1) is 0 Å². The molecule has 0 saturated heterocycles. The minimum absolute atomic E-state index is 0.0784.